The molecule has 1 aliphatic heterocycles. The van der Waals surface area contributed by atoms with Gasteiger partial charge in [-0.15, -0.1) is 0 Å². The van der Waals surface area contributed by atoms with Crippen LogP contribution in [0.25, 0.3) is 11.3 Å². The van der Waals surface area contributed by atoms with Crippen molar-refractivity contribution in [3.8, 4) is 17.3 Å². The SMILES string of the molecule is Cc1cc(-c2ncc(CNc3ncnc(N4CCc5ncccc5C4)c3F)cc2C#N)ccn1. The number of anilines is 2. The minimum absolute atomic E-state index is 0.106. The molecular formula is C25H21FN8. The summed E-state index contributed by atoms with van der Waals surface area (Å²) in [5, 5.41) is 12.7. The Kier molecular flexibility index (Phi) is 5.79. The molecule has 4 aromatic heterocycles. The molecule has 4 aromatic rings. The van der Waals surface area contributed by atoms with Crippen LogP contribution in [0.1, 0.15) is 28.1 Å². The monoisotopic (exact) mass is 452 g/mol. The minimum Gasteiger partial charge on any atom is -0.363 e. The number of nitrogens with zero attached hydrogens (tertiary/aromatic N) is 7. The van der Waals surface area contributed by atoms with Gasteiger partial charge in [-0.3, -0.25) is 15.0 Å². The largest absolute Gasteiger partial charge is 0.363 e. The summed E-state index contributed by atoms with van der Waals surface area (Å²) >= 11 is 0. The van der Waals surface area contributed by atoms with Crippen LogP contribution in [0.4, 0.5) is 16.0 Å². The van der Waals surface area contributed by atoms with Gasteiger partial charge in [0.25, 0.3) is 0 Å². The highest BCUT2D eigenvalue weighted by Crippen LogP contribution is 2.27. The van der Waals surface area contributed by atoms with E-state index in [0.29, 0.717) is 24.3 Å². The molecule has 1 N–H and O–H groups in total. The molecule has 0 saturated heterocycles. The lowest BCUT2D eigenvalue weighted by atomic mass is 10.1. The van der Waals surface area contributed by atoms with E-state index in [1.54, 1.807) is 24.7 Å². The zero-order valence-corrected chi connectivity index (χ0v) is 18.5. The Labute approximate surface area is 196 Å². The predicted molar refractivity (Wildman–Crippen MR) is 125 cm³/mol. The number of rotatable bonds is 5. The van der Waals surface area contributed by atoms with Gasteiger partial charge in [0, 0.05) is 61.6 Å². The van der Waals surface area contributed by atoms with E-state index in [1.165, 1.54) is 6.33 Å². The molecule has 8 nitrogen and oxygen atoms in total. The molecule has 168 valence electrons. The Morgan fingerprint density at radius 1 is 1.12 bits per heavy atom. The number of fused-ring (bicyclic) bond motifs is 1. The van der Waals surface area contributed by atoms with Crippen LogP contribution in [0.15, 0.2) is 55.2 Å². The molecule has 5 rings (SSSR count). The van der Waals surface area contributed by atoms with Crippen molar-refractivity contribution in [1.29, 1.82) is 5.26 Å². The van der Waals surface area contributed by atoms with Crippen LogP contribution in [0.5, 0.6) is 0 Å². The third-order valence-electron chi connectivity index (χ3n) is 5.73. The average Bonchev–Trinajstić information content (AvgIpc) is 2.87. The lowest BCUT2D eigenvalue weighted by Crippen LogP contribution is -2.32. The molecule has 0 amide bonds. The zero-order valence-electron chi connectivity index (χ0n) is 18.5. The number of pyridine rings is 3. The summed E-state index contributed by atoms with van der Waals surface area (Å²) in [6, 6.07) is 11.5. The second kappa shape index (κ2) is 9.19. The van der Waals surface area contributed by atoms with Crippen molar-refractivity contribution >= 4 is 11.6 Å². The van der Waals surface area contributed by atoms with Gasteiger partial charge in [0.15, 0.2) is 11.6 Å². The molecule has 0 unspecified atom stereocenters. The highest BCUT2D eigenvalue weighted by atomic mass is 19.1. The summed E-state index contributed by atoms with van der Waals surface area (Å²) in [5.41, 5.74) is 5.55. The molecule has 0 radical (unpaired) electrons. The Morgan fingerprint density at radius 2 is 2.03 bits per heavy atom. The van der Waals surface area contributed by atoms with Crippen molar-refractivity contribution in [2.75, 3.05) is 16.8 Å². The fraction of sp³-hybridized carbons (Fsp3) is 0.200. The summed E-state index contributed by atoms with van der Waals surface area (Å²) in [6.07, 6.45) is 7.23. The lowest BCUT2D eigenvalue weighted by Gasteiger charge is -2.29. The van der Waals surface area contributed by atoms with Crippen molar-refractivity contribution in [2.24, 2.45) is 0 Å². The van der Waals surface area contributed by atoms with Crippen LogP contribution in [-0.2, 0) is 19.5 Å². The summed E-state index contributed by atoms with van der Waals surface area (Å²) in [6.45, 7) is 3.32. The molecule has 1 aliphatic rings. The number of aryl methyl sites for hydroxylation is 1. The summed E-state index contributed by atoms with van der Waals surface area (Å²) in [5.74, 6) is -0.146. The lowest BCUT2D eigenvalue weighted by molar-refractivity contribution is 0.594. The van der Waals surface area contributed by atoms with Gasteiger partial charge in [0.2, 0.25) is 5.82 Å². The van der Waals surface area contributed by atoms with Gasteiger partial charge in [-0.25, -0.2) is 9.97 Å². The third kappa shape index (κ3) is 4.26. The second-order valence-electron chi connectivity index (χ2n) is 8.03. The first-order valence-corrected chi connectivity index (χ1v) is 10.9. The Balaban J connectivity index is 1.34. The van der Waals surface area contributed by atoms with Crippen LogP contribution in [0, 0.1) is 24.1 Å². The predicted octanol–water partition coefficient (Wildman–Crippen LogP) is 3.82. The van der Waals surface area contributed by atoms with Gasteiger partial charge < -0.3 is 10.2 Å². The first-order valence-electron chi connectivity index (χ1n) is 10.9. The van der Waals surface area contributed by atoms with Crippen molar-refractivity contribution in [1.82, 2.24) is 24.9 Å². The molecule has 0 aliphatic carbocycles. The zero-order chi connectivity index (χ0) is 23.5. The molecule has 0 bridgehead atoms. The topological polar surface area (TPSA) is 104 Å². The average molecular weight is 452 g/mol. The summed E-state index contributed by atoms with van der Waals surface area (Å²) in [7, 11) is 0. The van der Waals surface area contributed by atoms with Crippen molar-refractivity contribution in [2.45, 2.75) is 26.4 Å². The number of aromatic nitrogens is 5. The van der Waals surface area contributed by atoms with Gasteiger partial charge in [0.05, 0.1) is 11.3 Å². The number of nitriles is 1. The van der Waals surface area contributed by atoms with E-state index in [-0.39, 0.29) is 18.2 Å². The normalized spacial score (nSPS) is 12.7. The maximum Gasteiger partial charge on any atom is 0.207 e. The molecule has 0 aromatic carbocycles. The molecule has 34 heavy (non-hydrogen) atoms. The first kappa shape index (κ1) is 21.4. The molecule has 5 heterocycles. The van der Waals surface area contributed by atoms with Crippen molar-refractivity contribution in [3.63, 3.8) is 0 Å². The maximum absolute atomic E-state index is 15.3. The van der Waals surface area contributed by atoms with Gasteiger partial charge in [0.1, 0.15) is 12.4 Å². The van der Waals surface area contributed by atoms with Crippen molar-refractivity contribution < 1.29 is 4.39 Å². The van der Waals surface area contributed by atoms with E-state index >= 15 is 4.39 Å². The van der Waals surface area contributed by atoms with E-state index in [0.717, 1.165) is 34.5 Å². The van der Waals surface area contributed by atoms with Crippen LogP contribution in [0.2, 0.25) is 0 Å². The molecule has 0 saturated carbocycles. The standard InChI is InChI=1S/C25H21FN8/c1-16-9-18(4-7-28-16)23-20(11-27)10-17(12-30-23)13-31-24-22(26)25(33-15-32-24)34-8-5-21-19(14-34)3-2-6-29-21/h2-4,6-7,9-10,12,15H,5,8,13-14H2,1H3,(H,31,32,33). The first-order chi connectivity index (χ1) is 16.6. The van der Waals surface area contributed by atoms with E-state index in [1.807, 2.05) is 36.1 Å². The van der Waals surface area contributed by atoms with Crippen molar-refractivity contribution in [3.05, 3.63) is 89.1 Å². The van der Waals surface area contributed by atoms with Crippen LogP contribution < -0.4 is 10.2 Å². The number of hydrogen-bond donors (Lipinski definition) is 1. The van der Waals surface area contributed by atoms with Crippen LogP contribution in [0.3, 0.4) is 0 Å². The fourth-order valence-corrected chi connectivity index (χ4v) is 4.05. The number of halogens is 1. The van der Waals surface area contributed by atoms with Gasteiger partial charge in [-0.05, 0) is 42.3 Å². The summed E-state index contributed by atoms with van der Waals surface area (Å²) < 4.78 is 15.3. The molecule has 0 spiro atoms. The van der Waals surface area contributed by atoms with Gasteiger partial charge >= 0.3 is 0 Å². The Morgan fingerprint density at radius 3 is 2.88 bits per heavy atom. The minimum atomic E-state index is -0.507. The van der Waals surface area contributed by atoms with E-state index < -0.39 is 5.82 Å². The molecule has 9 heteroatoms. The fourth-order valence-electron chi connectivity index (χ4n) is 4.05. The maximum atomic E-state index is 15.3. The highest BCUT2D eigenvalue weighted by Gasteiger charge is 2.22. The summed E-state index contributed by atoms with van der Waals surface area (Å²) in [4.78, 5) is 23.2. The highest BCUT2D eigenvalue weighted by molar-refractivity contribution is 5.66. The van der Waals surface area contributed by atoms with Crippen LogP contribution >= 0.6 is 0 Å². The van der Waals surface area contributed by atoms with E-state index in [2.05, 4.69) is 36.3 Å². The molecule has 0 atom stereocenters. The third-order valence-corrected chi connectivity index (χ3v) is 5.73. The smallest absolute Gasteiger partial charge is 0.207 e. The van der Waals surface area contributed by atoms with E-state index in [4.69, 9.17) is 0 Å². The molecular weight excluding hydrogens is 431 g/mol. The quantitative estimate of drug-likeness (QED) is 0.487. The Bertz CT molecular complexity index is 1400. The molecule has 0 fully saturated rings. The van der Waals surface area contributed by atoms with Gasteiger partial charge in [-0.1, -0.05) is 6.07 Å². The van der Waals surface area contributed by atoms with E-state index in [9.17, 15) is 5.26 Å². The van der Waals surface area contributed by atoms with Crippen LogP contribution in [-0.4, -0.2) is 31.5 Å². The number of nitrogens with one attached hydrogen (secondary N) is 1. The second-order valence-corrected chi connectivity index (χ2v) is 8.03. The van der Waals surface area contributed by atoms with Gasteiger partial charge in [-0.2, -0.15) is 9.65 Å². The Hall–Kier alpha value is -4.45. The number of hydrogen-bond acceptors (Lipinski definition) is 8.